The largest absolute Gasteiger partial charge is 0.456 e. The van der Waals surface area contributed by atoms with Crippen LogP contribution in [0.25, 0.3) is 0 Å². The normalized spacial score (nSPS) is 11.3. The van der Waals surface area contributed by atoms with Gasteiger partial charge >= 0.3 is 12.1 Å². The van der Waals surface area contributed by atoms with Crippen molar-refractivity contribution in [2.45, 2.75) is 26.2 Å². The van der Waals surface area contributed by atoms with Gasteiger partial charge in [0.1, 0.15) is 0 Å². The Bertz CT molecular complexity index is 486. The molecule has 0 aliphatic rings. The number of esters is 1. The van der Waals surface area contributed by atoms with Crippen LogP contribution in [0, 0.1) is 0 Å². The zero-order valence-electron chi connectivity index (χ0n) is 12.1. The number of rotatable bonds is 6. The van der Waals surface area contributed by atoms with Gasteiger partial charge in [-0.3, -0.25) is 14.9 Å². The van der Waals surface area contributed by atoms with Crippen molar-refractivity contribution < 1.29 is 23.9 Å². The summed E-state index contributed by atoms with van der Waals surface area (Å²) in [4.78, 5) is 33.9. The molecule has 1 aromatic rings. The SMILES string of the molecule is CCOC(=O)NC(=O)COC(=O)C[C@@H](C)c1ccccc1. The molecule has 1 atom stereocenters. The predicted molar refractivity (Wildman–Crippen MR) is 75.6 cm³/mol. The summed E-state index contributed by atoms with van der Waals surface area (Å²) in [5, 5.41) is 1.94. The minimum Gasteiger partial charge on any atom is -0.456 e. The second-order valence-corrected chi connectivity index (χ2v) is 4.45. The molecule has 0 bridgehead atoms. The molecular formula is C15H19NO5. The Morgan fingerprint density at radius 1 is 1.14 bits per heavy atom. The summed E-state index contributed by atoms with van der Waals surface area (Å²) in [5.74, 6) is -1.22. The Labute approximate surface area is 123 Å². The highest BCUT2D eigenvalue weighted by molar-refractivity contribution is 5.93. The van der Waals surface area contributed by atoms with Crippen LogP contribution in [0.1, 0.15) is 31.7 Å². The predicted octanol–water partition coefficient (Wildman–Crippen LogP) is 2.00. The Morgan fingerprint density at radius 2 is 1.81 bits per heavy atom. The van der Waals surface area contributed by atoms with Gasteiger partial charge in [-0.1, -0.05) is 37.3 Å². The maximum Gasteiger partial charge on any atom is 0.413 e. The van der Waals surface area contributed by atoms with Crippen LogP contribution in [0.15, 0.2) is 30.3 Å². The van der Waals surface area contributed by atoms with Gasteiger partial charge in [-0.2, -0.15) is 0 Å². The molecular weight excluding hydrogens is 274 g/mol. The highest BCUT2D eigenvalue weighted by Gasteiger charge is 2.15. The molecule has 0 spiro atoms. The molecule has 0 radical (unpaired) electrons. The summed E-state index contributed by atoms with van der Waals surface area (Å²) >= 11 is 0. The number of amides is 2. The van der Waals surface area contributed by atoms with Gasteiger partial charge in [0.2, 0.25) is 0 Å². The summed E-state index contributed by atoms with van der Waals surface area (Å²) in [6.07, 6.45) is -0.687. The summed E-state index contributed by atoms with van der Waals surface area (Å²) in [7, 11) is 0. The topological polar surface area (TPSA) is 81.7 Å². The van der Waals surface area contributed by atoms with Crippen LogP contribution in [-0.2, 0) is 19.1 Å². The van der Waals surface area contributed by atoms with Crippen molar-refractivity contribution in [3.8, 4) is 0 Å². The van der Waals surface area contributed by atoms with E-state index < -0.39 is 24.6 Å². The van der Waals surface area contributed by atoms with E-state index in [9.17, 15) is 14.4 Å². The lowest BCUT2D eigenvalue weighted by Crippen LogP contribution is -2.34. The molecule has 114 valence electrons. The molecule has 2 amide bonds. The standard InChI is InChI=1S/C15H19NO5/c1-3-20-15(19)16-13(17)10-21-14(18)9-11(2)12-7-5-4-6-8-12/h4-8,11H,3,9-10H2,1-2H3,(H,16,17,19)/t11-/m1/s1. The van der Waals surface area contributed by atoms with E-state index in [2.05, 4.69) is 4.74 Å². The van der Waals surface area contributed by atoms with Crippen LogP contribution in [0.4, 0.5) is 4.79 Å². The van der Waals surface area contributed by atoms with Gasteiger partial charge in [-0.05, 0) is 18.4 Å². The minimum absolute atomic E-state index is 0.00758. The molecule has 0 aromatic heterocycles. The molecule has 0 aliphatic heterocycles. The number of benzene rings is 1. The lowest BCUT2D eigenvalue weighted by Gasteiger charge is -2.11. The molecule has 0 saturated carbocycles. The third-order valence-electron chi connectivity index (χ3n) is 2.72. The quantitative estimate of drug-likeness (QED) is 0.811. The van der Waals surface area contributed by atoms with Crippen LogP contribution in [0.5, 0.6) is 0 Å². The van der Waals surface area contributed by atoms with Crippen molar-refractivity contribution >= 4 is 18.0 Å². The molecule has 1 aromatic carbocycles. The molecule has 0 unspecified atom stereocenters. The highest BCUT2D eigenvalue weighted by Crippen LogP contribution is 2.18. The average Bonchev–Trinajstić information content (AvgIpc) is 2.46. The van der Waals surface area contributed by atoms with E-state index in [1.807, 2.05) is 42.6 Å². The molecule has 6 nitrogen and oxygen atoms in total. The lowest BCUT2D eigenvalue weighted by molar-refractivity contribution is -0.148. The minimum atomic E-state index is -0.851. The third kappa shape index (κ3) is 6.56. The van der Waals surface area contributed by atoms with Crippen molar-refractivity contribution in [1.29, 1.82) is 0 Å². The van der Waals surface area contributed by atoms with Crippen LogP contribution < -0.4 is 5.32 Å². The van der Waals surface area contributed by atoms with Gasteiger partial charge < -0.3 is 9.47 Å². The average molecular weight is 293 g/mol. The van der Waals surface area contributed by atoms with E-state index in [-0.39, 0.29) is 18.9 Å². The van der Waals surface area contributed by atoms with Crippen LogP contribution in [0.2, 0.25) is 0 Å². The first kappa shape index (κ1) is 16.7. The van der Waals surface area contributed by atoms with Gasteiger partial charge in [-0.25, -0.2) is 4.79 Å². The van der Waals surface area contributed by atoms with Crippen molar-refractivity contribution in [3.63, 3.8) is 0 Å². The van der Waals surface area contributed by atoms with Crippen molar-refractivity contribution in [2.75, 3.05) is 13.2 Å². The lowest BCUT2D eigenvalue weighted by atomic mass is 9.98. The molecule has 0 saturated heterocycles. The number of nitrogens with one attached hydrogen (secondary N) is 1. The fourth-order valence-electron chi connectivity index (χ4n) is 1.67. The molecule has 1 rings (SSSR count). The molecule has 0 heterocycles. The first-order valence-electron chi connectivity index (χ1n) is 6.70. The first-order chi connectivity index (χ1) is 10.0. The summed E-state index contributed by atoms with van der Waals surface area (Å²) in [6, 6.07) is 9.53. The van der Waals surface area contributed by atoms with Gasteiger partial charge in [0.25, 0.3) is 5.91 Å². The van der Waals surface area contributed by atoms with Gasteiger partial charge in [-0.15, -0.1) is 0 Å². The van der Waals surface area contributed by atoms with Crippen molar-refractivity contribution in [2.24, 2.45) is 0 Å². The molecule has 0 fully saturated rings. The Hall–Kier alpha value is -2.37. The number of carbonyl (C=O) groups excluding carboxylic acids is 3. The van der Waals surface area contributed by atoms with Crippen LogP contribution in [0.3, 0.4) is 0 Å². The first-order valence-corrected chi connectivity index (χ1v) is 6.70. The maximum atomic E-state index is 11.6. The van der Waals surface area contributed by atoms with Gasteiger partial charge in [0, 0.05) is 0 Å². The number of ether oxygens (including phenoxy) is 2. The number of hydrogen-bond donors (Lipinski definition) is 1. The van der Waals surface area contributed by atoms with Gasteiger partial charge in [0.15, 0.2) is 6.61 Å². The Balaban J connectivity index is 2.31. The fourth-order valence-corrected chi connectivity index (χ4v) is 1.67. The second kappa shape index (κ2) is 8.73. The second-order valence-electron chi connectivity index (χ2n) is 4.45. The monoisotopic (exact) mass is 293 g/mol. The van der Waals surface area contributed by atoms with Crippen LogP contribution in [-0.4, -0.2) is 31.2 Å². The molecule has 21 heavy (non-hydrogen) atoms. The van der Waals surface area contributed by atoms with Crippen molar-refractivity contribution in [1.82, 2.24) is 5.32 Å². The van der Waals surface area contributed by atoms with Crippen molar-refractivity contribution in [3.05, 3.63) is 35.9 Å². The summed E-state index contributed by atoms with van der Waals surface area (Å²) in [5.41, 5.74) is 1.02. The van der Waals surface area contributed by atoms with Gasteiger partial charge in [0.05, 0.1) is 13.0 Å². The Morgan fingerprint density at radius 3 is 2.43 bits per heavy atom. The van der Waals surface area contributed by atoms with E-state index >= 15 is 0 Å². The summed E-state index contributed by atoms with van der Waals surface area (Å²) < 4.78 is 9.35. The third-order valence-corrected chi connectivity index (χ3v) is 2.72. The highest BCUT2D eigenvalue weighted by atomic mass is 16.6. The van der Waals surface area contributed by atoms with E-state index in [1.54, 1.807) is 6.92 Å². The Kier molecular flexibility index (Phi) is 6.94. The van der Waals surface area contributed by atoms with Crippen LogP contribution >= 0.6 is 0 Å². The summed E-state index contributed by atoms with van der Waals surface area (Å²) in [6.45, 7) is 3.18. The number of alkyl carbamates (subject to hydrolysis) is 1. The maximum absolute atomic E-state index is 11.6. The molecule has 6 heteroatoms. The van der Waals surface area contributed by atoms with E-state index in [0.29, 0.717) is 0 Å². The zero-order chi connectivity index (χ0) is 15.7. The smallest absolute Gasteiger partial charge is 0.413 e. The molecule has 0 aliphatic carbocycles. The number of imide groups is 1. The molecule has 1 N–H and O–H groups in total. The number of carbonyl (C=O) groups is 3. The zero-order valence-corrected chi connectivity index (χ0v) is 12.1. The van der Waals surface area contributed by atoms with E-state index in [4.69, 9.17) is 4.74 Å². The number of hydrogen-bond acceptors (Lipinski definition) is 5. The van der Waals surface area contributed by atoms with E-state index in [0.717, 1.165) is 5.56 Å². The van der Waals surface area contributed by atoms with E-state index in [1.165, 1.54) is 0 Å². The fraction of sp³-hybridized carbons (Fsp3) is 0.400.